The number of nitrogens with zero attached hydrogens (tertiary/aromatic N) is 2. The number of H-pyrrole nitrogens is 1. The molecule has 2 unspecified atom stereocenters. The first-order valence-electron chi connectivity index (χ1n) is 9.08. The predicted octanol–water partition coefficient (Wildman–Crippen LogP) is 3.58. The predicted molar refractivity (Wildman–Crippen MR) is 113 cm³/mol. The van der Waals surface area contributed by atoms with E-state index in [0.29, 0.717) is 10.0 Å². The molecule has 162 valence electrons. The van der Waals surface area contributed by atoms with Gasteiger partial charge < -0.3 is 4.42 Å². The summed E-state index contributed by atoms with van der Waals surface area (Å²) in [6.07, 6.45) is 0. The van der Waals surface area contributed by atoms with Crippen LogP contribution in [-0.4, -0.2) is 18.6 Å². The van der Waals surface area contributed by atoms with Gasteiger partial charge in [0.25, 0.3) is 0 Å². The molecule has 1 heterocycles. The molecule has 3 aromatic rings. The molecule has 0 aliphatic heterocycles. The third-order valence-electron chi connectivity index (χ3n) is 5.04. The Morgan fingerprint density at radius 3 is 2.61 bits per heavy atom. The Labute approximate surface area is 186 Å². The van der Waals surface area contributed by atoms with Gasteiger partial charge in [-0.1, -0.05) is 28.9 Å². The monoisotopic (exact) mass is 508 g/mol. The fraction of sp³-hybridized carbons (Fsp3) is 0.250. The number of rotatable bonds is 6. The average Bonchev–Trinajstić information content (AvgIpc) is 3.15. The zero-order valence-electron chi connectivity index (χ0n) is 16.7. The number of benzene rings is 2. The molecule has 2 N–H and O–H groups in total. The van der Waals surface area contributed by atoms with Gasteiger partial charge in [-0.3, -0.25) is 0 Å². The molecule has 1 aromatic heterocycles. The second kappa shape index (κ2) is 8.74. The topological polar surface area (TPSA) is 129 Å². The van der Waals surface area contributed by atoms with Gasteiger partial charge in [-0.05, 0) is 54.8 Å². The molecule has 0 fully saturated rings. The molecule has 31 heavy (non-hydrogen) atoms. The molecule has 0 bridgehead atoms. The Kier molecular flexibility index (Phi) is 6.45. The molecule has 0 spiro atoms. The molecule has 0 aliphatic rings. The largest absolute Gasteiger partial charge is 0.434 e. The Morgan fingerprint density at radius 2 is 2.00 bits per heavy atom. The van der Waals surface area contributed by atoms with E-state index in [1.807, 2.05) is 6.07 Å². The highest BCUT2D eigenvalue weighted by Gasteiger charge is 2.34. The Bertz CT molecular complexity index is 1340. The van der Waals surface area contributed by atoms with E-state index in [1.54, 1.807) is 26.8 Å². The Hall–Kier alpha value is -2.81. The van der Waals surface area contributed by atoms with Crippen LogP contribution in [0.25, 0.3) is 0 Å². The van der Waals surface area contributed by atoms with E-state index in [9.17, 15) is 22.9 Å². The summed E-state index contributed by atoms with van der Waals surface area (Å²) in [5, 5.41) is 15.2. The molecular formula is C20H18BrFN4O4S. The minimum atomic E-state index is -4.29. The lowest BCUT2D eigenvalue weighted by molar-refractivity contribution is 0.376. The second-order valence-electron chi connectivity index (χ2n) is 6.99. The van der Waals surface area contributed by atoms with Gasteiger partial charge in [0.15, 0.2) is 0 Å². The lowest BCUT2D eigenvalue weighted by atomic mass is 9.88. The van der Waals surface area contributed by atoms with Crippen LogP contribution >= 0.6 is 15.9 Å². The van der Waals surface area contributed by atoms with Gasteiger partial charge in [0.2, 0.25) is 15.9 Å². The van der Waals surface area contributed by atoms with Gasteiger partial charge >= 0.3 is 5.76 Å². The third-order valence-corrected chi connectivity index (χ3v) is 7.02. The van der Waals surface area contributed by atoms with Crippen LogP contribution in [0.15, 0.2) is 48.9 Å². The van der Waals surface area contributed by atoms with Crippen molar-refractivity contribution in [1.29, 1.82) is 5.26 Å². The molecule has 3 rings (SSSR count). The minimum Gasteiger partial charge on any atom is -0.391 e. The zero-order valence-corrected chi connectivity index (χ0v) is 19.1. The van der Waals surface area contributed by atoms with Gasteiger partial charge in [0.1, 0.15) is 22.8 Å². The van der Waals surface area contributed by atoms with E-state index in [2.05, 4.69) is 30.8 Å². The Morgan fingerprint density at radius 1 is 1.29 bits per heavy atom. The van der Waals surface area contributed by atoms with Gasteiger partial charge in [-0.15, -0.1) is 5.10 Å². The van der Waals surface area contributed by atoms with E-state index < -0.39 is 33.6 Å². The van der Waals surface area contributed by atoms with Crippen molar-refractivity contribution in [2.75, 3.05) is 0 Å². The summed E-state index contributed by atoms with van der Waals surface area (Å²) < 4.78 is 49.0. The lowest BCUT2D eigenvalue weighted by Gasteiger charge is -2.25. The molecule has 0 saturated heterocycles. The number of hydrogen-bond donors (Lipinski definition) is 2. The van der Waals surface area contributed by atoms with Crippen molar-refractivity contribution in [2.45, 2.75) is 37.6 Å². The van der Waals surface area contributed by atoms with Crippen molar-refractivity contribution >= 4 is 26.0 Å². The number of aryl methyl sites for hydroxylation is 1. The standard InChI is InChI=1S/C20H18BrFN4O4S/c1-10-4-7-15(22)17(11(10)2)12(3)18(19-24-25-20(27)30-19)26-31(28,29)16-8-14(21)6-5-13(16)9-23/h4-8,12,18,26H,1-3H3,(H,25,27). The summed E-state index contributed by atoms with van der Waals surface area (Å²) in [4.78, 5) is 11.3. The zero-order chi connectivity index (χ0) is 22.9. The van der Waals surface area contributed by atoms with Crippen molar-refractivity contribution in [1.82, 2.24) is 14.9 Å². The average molecular weight is 509 g/mol. The van der Waals surface area contributed by atoms with Gasteiger partial charge in [-0.25, -0.2) is 22.7 Å². The first kappa shape index (κ1) is 22.9. The van der Waals surface area contributed by atoms with E-state index in [-0.39, 0.29) is 21.9 Å². The summed E-state index contributed by atoms with van der Waals surface area (Å²) >= 11 is 3.20. The van der Waals surface area contributed by atoms with Crippen LogP contribution in [0.4, 0.5) is 4.39 Å². The van der Waals surface area contributed by atoms with Crippen LogP contribution in [0, 0.1) is 31.0 Å². The van der Waals surface area contributed by atoms with E-state index >= 15 is 0 Å². The molecule has 0 aliphatic carbocycles. The SMILES string of the molecule is Cc1ccc(F)c(C(C)C(NS(=O)(=O)c2cc(Br)ccc2C#N)c2n[nH]c(=O)o2)c1C. The summed E-state index contributed by atoms with van der Waals surface area (Å²) in [5.74, 6) is -2.47. The molecule has 0 radical (unpaired) electrons. The van der Waals surface area contributed by atoms with Crippen molar-refractivity contribution in [2.24, 2.45) is 0 Å². The fourth-order valence-electron chi connectivity index (χ4n) is 3.31. The van der Waals surface area contributed by atoms with E-state index in [4.69, 9.17) is 4.42 Å². The third kappa shape index (κ3) is 4.61. The number of aromatic amines is 1. The summed E-state index contributed by atoms with van der Waals surface area (Å²) in [6, 6.07) is 7.69. The number of nitrogens with one attached hydrogen (secondary N) is 2. The highest BCUT2D eigenvalue weighted by atomic mass is 79.9. The van der Waals surface area contributed by atoms with Crippen molar-refractivity contribution in [3.8, 4) is 6.07 Å². The lowest BCUT2D eigenvalue weighted by Crippen LogP contribution is -2.33. The van der Waals surface area contributed by atoms with Gasteiger partial charge in [-0.2, -0.15) is 9.98 Å². The van der Waals surface area contributed by atoms with Crippen LogP contribution in [0.1, 0.15) is 47.0 Å². The van der Waals surface area contributed by atoms with Crippen LogP contribution in [0.3, 0.4) is 0 Å². The van der Waals surface area contributed by atoms with Crippen LogP contribution in [-0.2, 0) is 10.0 Å². The van der Waals surface area contributed by atoms with Crippen molar-refractivity contribution in [3.63, 3.8) is 0 Å². The van der Waals surface area contributed by atoms with Crippen molar-refractivity contribution < 1.29 is 17.2 Å². The quantitative estimate of drug-likeness (QED) is 0.523. The smallest absolute Gasteiger partial charge is 0.391 e. The maximum absolute atomic E-state index is 14.7. The maximum Gasteiger partial charge on any atom is 0.434 e. The van der Waals surface area contributed by atoms with Crippen LogP contribution in [0.2, 0.25) is 0 Å². The minimum absolute atomic E-state index is 0.0801. The molecular weight excluding hydrogens is 491 g/mol. The molecule has 11 heteroatoms. The number of halogens is 2. The van der Waals surface area contributed by atoms with Gasteiger partial charge in [0, 0.05) is 10.4 Å². The van der Waals surface area contributed by atoms with Gasteiger partial charge in [0.05, 0.1) is 5.56 Å². The normalized spacial score (nSPS) is 13.5. The number of nitriles is 1. The second-order valence-corrected chi connectivity index (χ2v) is 9.59. The first-order valence-corrected chi connectivity index (χ1v) is 11.4. The fourth-order valence-corrected chi connectivity index (χ4v) is 5.28. The number of sulfonamides is 1. The molecule has 2 aromatic carbocycles. The molecule has 0 saturated carbocycles. The van der Waals surface area contributed by atoms with Crippen molar-refractivity contribution in [3.05, 3.63) is 79.3 Å². The summed E-state index contributed by atoms with van der Waals surface area (Å²) in [7, 11) is -4.29. The van der Waals surface area contributed by atoms with Crippen LogP contribution in [0.5, 0.6) is 0 Å². The summed E-state index contributed by atoms with van der Waals surface area (Å²) in [6.45, 7) is 5.12. The van der Waals surface area contributed by atoms with Crippen LogP contribution < -0.4 is 10.5 Å². The first-order chi connectivity index (χ1) is 14.5. The molecule has 2 atom stereocenters. The molecule has 8 nitrogen and oxygen atoms in total. The maximum atomic E-state index is 14.7. The Balaban J connectivity index is 2.14. The van der Waals surface area contributed by atoms with E-state index in [1.165, 1.54) is 24.3 Å². The summed E-state index contributed by atoms with van der Waals surface area (Å²) in [5.41, 5.74) is 1.62. The highest BCUT2D eigenvalue weighted by Crippen LogP contribution is 2.35. The number of aromatic nitrogens is 2. The van der Waals surface area contributed by atoms with E-state index in [0.717, 1.165) is 5.56 Å². The molecule has 0 amide bonds. The number of hydrogen-bond acceptors (Lipinski definition) is 6. The highest BCUT2D eigenvalue weighted by molar-refractivity contribution is 9.10.